The molecular formula is C31H35Cl2N7O. The SMILES string of the molecule is NC(=O)C(N)CCCNc1nc(CN2CCN(C(c3ccc(Cl)cc3)c3ccc(Cl)cc3)CC2)nc2ccccc12. The number of fused-ring (bicyclic) bond motifs is 1. The van der Waals surface area contributed by atoms with Crippen molar-refractivity contribution in [2.45, 2.75) is 31.5 Å². The standard InChI is InChI=1S/C31H35Cl2N7O/c32-23-11-7-21(8-12-23)29(22-9-13-24(33)14-10-22)40-18-16-39(17-19-40)20-28-37-27-6-2-1-4-25(27)31(38-28)36-15-3-5-26(34)30(35)41/h1-2,4,6-14,26,29H,3,5,15-20,34H2,(H2,35,41)(H,36,37,38). The highest BCUT2D eigenvalue weighted by Crippen LogP contribution is 2.31. The normalized spacial score (nSPS) is 15.3. The van der Waals surface area contributed by atoms with Gasteiger partial charge in [-0.15, -0.1) is 0 Å². The third-order valence-corrected chi connectivity index (χ3v) is 8.01. The number of nitrogens with two attached hydrogens (primary N) is 2. The molecule has 3 aromatic carbocycles. The maximum Gasteiger partial charge on any atom is 0.234 e. The molecule has 0 saturated carbocycles. The maximum atomic E-state index is 11.2. The molecule has 214 valence electrons. The summed E-state index contributed by atoms with van der Waals surface area (Å²) < 4.78 is 0. The third kappa shape index (κ3) is 7.52. The van der Waals surface area contributed by atoms with Crippen molar-refractivity contribution in [1.29, 1.82) is 0 Å². The van der Waals surface area contributed by atoms with Crippen LogP contribution in [-0.2, 0) is 11.3 Å². The highest BCUT2D eigenvalue weighted by atomic mass is 35.5. The van der Waals surface area contributed by atoms with Crippen molar-refractivity contribution in [3.8, 4) is 0 Å². The Morgan fingerprint density at radius 3 is 2.10 bits per heavy atom. The Morgan fingerprint density at radius 1 is 0.878 bits per heavy atom. The first-order valence-electron chi connectivity index (χ1n) is 13.9. The topological polar surface area (TPSA) is 113 Å². The summed E-state index contributed by atoms with van der Waals surface area (Å²) in [4.78, 5) is 25.9. The van der Waals surface area contributed by atoms with Crippen molar-refractivity contribution in [2.75, 3.05) is 38.0 Å². The number of piperazine rings is 1. The van der Waals surface area contributed by atoms with E-state index >= 15 is 0 Å². The van der Waals surface area contributed by atoms with Crippen LogP contribution in [0.1, 0.15) is 35.8 Å². The Kier molecular flexibility index (Phi) is 9.69. The van der Waals surface area contributed by atoms with Crippen LogP contribution in [0.5, 0.6) is 0 Å². The van der Waals surface area contributed by atoms with Gasteiger partial charge < -0.3 is 16.8 Å². The van der Waals surface area contributed by atoms with Gasteiger partial charge in [-0.2, -0.15) is 0 Å². The summed E-state index contributed by atoms with van der Waals surface area (Å²) in [6, 6.07) is 23.7. The summed E-state index contributed by atoms with van der Waals surface area (Å²) in [5.74, 6) is 1.09. The first-order chi connectivity index (χ1) is 19.9. The zero-order chi connectivity index (χ0) is 28.8. The van der Waals surface area contributed by atoms with Crippen molar-refractivity contribution in [3.05, 3.63) is 99.8 Å². The zero-order valence-electron chi connectivity index (χ0n) is 22.8. The van der Waals surface area contributed by atoms with E-state index in [0.717, 1.165) is 58.8 Å². The predicted octanol–water partition coefficient (Wildman–Crippen LogP) is 4.85. The number of primary amides is 1. The van der Waals surface area contributed by atoms with Crippen molar-refractivity contribution >= 4 is 45.8 Å². The summed E-state index contributed by atoms with van der Waals surface area (Å²) >= 11 is 12.4. The van der Waals surface area contributed by atoms with Gasteiger partial charge in [-0.3, -0.25) is 14.6 Å². The van der Waals surface area contributed by atoms with Crippen LogP contribution in [0, 0.1) is 0 Å². The number of para-hydroxylation sites is 1. The van der Waals surface area contributed by atoms with Crippen LogP contribution in [0.3, 0.4) is 0 Å². The van der Waals surface area contributed by atoms with E-state index in [9.17, 15) is 4.79 Å². The van der Waals surface area contributed by atoms with Gasteiger partial charge in [0.05, 0.1) is 24.1 Å². The fourth-order valence-corrected chi connectivity index (χ4v) is 5.54. The van der Waals surface area contributed by atoms with Gasteiger partial charge in [-0.25, -0.2) is 9.97 Å². The van der Waals surface area contributed by atoms with Crippen LogP contribution in [0.2, 0.25) is 10.0 Å². The molecule has 41 heavy (non-hydrogen) atoms. The zero-order valence-corrected chi connectivity index (χ0v) is 24.4. The number of hydrogen-bond acceptors (Lipinski definition) is 7. The number of aromatic nitrogens is 2. The molecule has 0 bridgehead atoms. The lowest BCUT2D eigenvalue weighted by Gasteiger charge is -2.39. The van der Waals surface area contributed by atoms with E-state index in [4.69, 9.17) is 44.6 Å². The Bertz CT molecular complexity index is 1410. The Balaban J connectivity index is 1.26. The van der Waals surface area contributed by atoms with E-state index in [1.54, 1.807) is 0 Å². The van der Waals surface area contributed by atoms with Gasteiger partial charge in [0, 0.05) is 48.2 Å². The van der Waals surface area contributed by atoms with Crippen LogP contribution >= 0.6 is 23.2 Å². The monoisotopic (exact) mass is 591 g/mol. The third-order valence-electron chi connectivity index (χ3n) is 7.51. The summed E-state index contributed by atoms with van der Waals surface area (Å²) in [5, 5.41) is 5.85. The summed E-state index contributed by atoms with van der Waals surface area (Å²) in [7, 11) is 0. The van der Waals surface area contributed by atoms with E-state index in [0.29, 0.717) is 25.9 Å². The average molecular weight is 593 g/mol. The molecule has 1 aromatic heterocycles. The fourth-order valence-electron chi connectivity index (χ4n) is 5.29. The van der Waals surface area contributed by atoms with Gasteiger partial charge >= 0.3 is 0 Å². The van der Waals surface area contributed by atoms with Crippen LogP contribution < -0.4 is 16.8 Å². The predicted molar refractivity (Wildman–Crippen MR) is 166 cm³/mol. The number of halogens is 2. The Hall–Kier alpha value is -3.27. The molecule has 1 saturated heterocycles. The van der Waals surface area contributed by atoms with E-state index in [2.05, 4.69) is 39.4 Å². The Morgan fingerprint density at radius 2 is 1.49 bits per heavy atom. The van der Waals surface area contributed by atoms with Crippen molar-refractivity contribution < 1.29 is 4.79 Å². The smallest absolute Gasteiger partial charge is 0.234 e. The molecule has 4 aromatic rings. The molecule has 1 unspecified atom stereocenters. The number of hydrogen-bond donors (Lipinski definition) is 3. The lowest BCUT2D eigenvalue weighted by atomic mass is 9.96. The number of carbonyl (C=O) groups is 1. The lowest BCUT2D eigenvalue weighted by Crippen LogP contribution is -2.47. The maximum absolute atomic E-state index is 11.2. The molecule has 1 fully saturated rings. The second-order valence-corrected chi connectivity index (χ2v) is 11.3. The average Bonchev–Trinajstić information content (AvgIpc) is 2.98. The van der Waals surface area contributed by atoms with E-state index < -0.39 is 11.9 Å². The molecule has 1 amide bonds. The van der Waals surface area contributed by atoms with Crippen molar-refractivity contribution in [3.63, 3.8) is 0 Å². The number of rotatable bonds is 11. The molecule has 0 spiro atoms. The number of amides is 1. The van der Waals surface area contributed by atoms with Crippen LogP contribution in [0.4, 0.5) is 5.82 Å². The first kappa shape index (κ1) is 29.2. The quantitative estimate of drug-likeness (QED) is 0.214. The minimum atomic E-state index is -0.632. The van der Waals surface area contributed by atoms with E-state index in [-0.39, 0.29) is 6.04 Å². The Labute approximate surface area is 250 Å². The molecule has 2 heterocycles. The summed E-state index contributed by atoms with van der Waals surface area (Å²) in [6.45, 7) is 4.87. The molecule has 0 radical (unpaired) electrons. The number of nitrogens with zero attached hydrogens (tertiary/aromatic N) is 4. The highest BCUT2D eigenvalue weighted by Gasteiger charge is 2.27. The van der Waals surface area contributed by atoms with Gasteiger partial charge in [-0.1, -0.05) is 59.6 Å². The van der Waals surface area contributed by atoms with Gasteiger partial charge in [-0.05, 0) is 60.4 Å². The molecular weight excluding hydrogens is 557 g/mol. The van der Waals surface area contributed by atoms with Gasteiger partial charge in [0.15, 0.2) is 0 Å². The molecule has 1 aliphatic heterocycles. The molecule has 8 nitrogen and oxygen atoms in total. The minimum absolute atomic E-state index is 0.113. The second kappa shape index (κ2) is 13.6. The van der Waals surface area contributed by atoms with Crippen LogP contribution in [0.15, 0.2) is 72.8 Å². The van der Waals surface area contributed by atoms with Gasteiger partial charge in [0.1, 0.15) is 11.6 Å². The molecule has 5 rings (SSSR count). The molecule has 0 aliphatic carbocycles. The lowest BCUT2D eigenvalue weighted by molar-refractivity contribution is -0.119. The van der Waals surface area contributed by atoms with E-state index in [1.165, 1.54) is 11.1 Å². The van der Waals surface area contributed by atoms with E-state index in [1.807, 2.05) is 48.5 Å². The molecule has 1 aliphatic rings. The summed E-state index contributed by atoms with van der Waals surface area (Å²) in [5.41, 5.74) is 14.4. The molecule has 10 heteroatoms. The minimum Gasteiger partial charge on any atom is -0.369 e. The van der Waals surface area contributed by atoms with Crippen molar-refractivity contribution in [2.24, 2.45) is 11.5 Å². The number of anilines is 1. The van der Waals surface area contributed by atoms with Gasteiger partial charge in [0.2, 0.25) is 5.91 Å². The number of carbonyl (C=O) groups excluding carboxylic acids is 1. The highest BCUT2D eigenvalue weighted by molar-refractivity contribution is 6.30. The van der Waals surface area contributed by atoms with Crippen molar-refractivity contribution in [1.82, 2.24) is 19.8 Å². The first-order valence-corrected chi connectivity index (χ1v) is 14.6. The fraction of sp³-hybridized carbons (Fsp3) is 0.323. The number of nitrogens with one attached hydrogen (secondary N) is 1. The van der Waals surface area contributed by atoms with Crippen LogP contribution in [-0.4, -0.2) is 64.4 Å². The molecule has 1 atom stereocenters. The molecule has 5 N–H and O–H groups in total. The van der Waals surface area contributed by atoms with Gasteiger partial charge in [0.25, 0.3) is 0 Å². The number of benzene rings is 3. The largest absolute Gasteiger partial charge is 0.369 e. The summed E-state index contributed by atoms with van der Waals surface area (Å²) in [6.07, 6.45) is 1.23. The second-order valence-electron chi connectivity index (χ2n) is 10.4. The van der Waals surface area contributed by atoms with Crippen LogP contribution in [0.25, 0.3) is 10.9 Å².